The van der Waals surface area contributed by atoms with E-state index in [-0.39, 0.29) is 29.8 Å². The van der Waals surface area contributed by atoms with Crippen LogP contribution in [0, 0.1) is 23.1 Å². The van der Waals surface area contributed by atoms with Crippen molar-refractivity contribution in [3.63, 3.8) is 0 Å². The zero-order chi connectivity index (χ0) is 20.8. The Bertz CT molecular complexity index is 918. The van der Waals surface area contributed by atoms with Gasteiger partial charge in [-0.05, 0) is 43.2 Å². The quantitative estimate of drug-likeness (QED) is 0.846. The van der Waals surface area contributed by atoms with Crippen molar-refractivity contribution in [1.82, 2.24) is 4.90 Å². The van der Waals surface area contributed by atoms with Crippen LogP contribution >= 0.6 is 0 Å². The number of amides is 2. The van der Waals surface area contributed by atoms with Crippen LogP contribution < -0.4 is 10.2 Å². The van der Waals surface area contributed by atoms with Gasteiger partial charge in [0, 0.05) is 31.7 Å². The molecule has 7 heteroatoms. The first-order chi connectivity index (χ1) is 14.0. The van der Waals surface area contributed by atoms with Crippen molar-refractivity contribution in [1.29, 1.82) is 5.26 Å². The zero-order valence-corrected chi connectivity index (χ0v) is 16.3. The van der Waals surface area contributed by atoms with Gasteiger partial charge in [-0.1, -0.05) is 18.2 Å². The molecule has 2 aromatic carbocycles. The van der Waals surface area contributed by atoms with Crippen LogP contribution in [-0.4, -0.2) is 43.4 Å². The molecular formula is C22H23FN4O2. The third kappa shape index (κ3) is 5.11. The summed E-state index contributed by atoms with van der Waals surface area (Å²) in [6, 6.07) is 15.4. The van der Waals surface area contributed by atoms with E-state index >= 15 is 0 Å². The number of carbonyl (C=O) groups excluding carboxylic acids is 2. The Morgan fingerprint density at radius 1 is 1.21 bits per heavy atom. The molecule has 0 saturated carbocycles. The van der Waals surface area contributed by atoms with E-state index in [4.69, 9.17) is 5.26 Å². The summed E-state index contributed by atoms with van der Waals surface area (Å²) in [5.41, 5.74) is 1.42. The second-order valence-corrected chi connectivity index (χ2v) is 7.15. The molecule has 0 unspecified atom stereocenters. The van der Waals surface area contributed by atoms with E-state index in [1.54, 1.807) is 31.3 Å². The van der Waals surface area contributed by atoms with Gasteiger partial charge < -0.3 is 15.1 Å². The predicted molar refractivity (Wildman–Crippen MR) is 109 cm³/mol. The highest BCUT2D eigenvalue weighted by molar-refractivity contribution is 5.94. The highest BCUT2D eigenvalue weighted by atomic mass is 19.1. The average molecular weight is 394 g/mol. The molecule has 1 aliphatic rings. The summed E-state index contributed by atoms with van der Waals surface area (Å²) >= 11 is 0. The number of hydrogen-bond acceptors (Lipinski definition) is 4. The van der Waals surface area contributed by atoms with Gasteiger partial charge in [0.2, 0.25) is 11.8 Å². The standard InChI is InChI=1S/C22H23FN4O2/c1-26(15-21(28)25-18-5-3-2-4-6-18)22(29)17-9-11-27(12-10-17)20-8-7-16(14-24)13-19(20)23/h2-8,13,17H,9-12,15H2,1H3,(H,25,28). The molecule has 29 heavy (non-hydrogen) atoms. The van der Waals surface area contributed by atoms with Crippen LogP contribution in [0.2, 0.25) is 0 Å². The lowest BCUT2D eigenvalue weighted by atomic mass is 9.95. The molecule has 0 spiro atoms. The van der Waals surface area contributed by atoms with Gasteiger partial charge in [0.1, 0.15) is 5.82 Å². The first-order valence-corrected chi connectivity index (χ1v) is 9.52. The van der Waals surface area contributed by atoms with Gasteiger partial charge in [0.15, 0.2) is 0 Å². The number of nitriles is 1. The molecule has 0 aliphatic carbocycles. The number of piperidine rings is 1. The maximum atomic E-state index is 14.2. The van der Waals surface area contributed by atoms with Crippen LogP contribution in [0.5, 0.6) is 0 Å². The number of carbonyl (C=O) groups is 2. The van der Waals surface area contributed by atoms with E-state index in [0.29, 0.717) is 37.3 Å². The minimum absolute atomic E-state index is 0.0157. The summed E-state index contributed by atoms with van der Waals surface area (Å²) in [6.45, 7) is 1.07. The van der Waals surface area contributed by atoms with Crippen molar-refractivity contribution in [2.45, 2.75) is 12.8 Å². The van der Waals surface area contributed by atoms with E-state index in [2.05, 4.69) is 5.32 Å². The highest BCUT2D eigenvalue weighted by Crippen LogP contribution is 2.27. The summed E-state index contributed by atoms with van der Waals surface area (Å²) < 4.78 is 14.2. The van der Waals surface area contributed by atoms with Crippen molar-refractivity contribution in [3.8, 4) is 6.07 Å². The molecule has 0 aromatic heterocycles. The molecule has 2 amide bonds. The number of halogens is 1. The Labute approximate surface area is 169 Å². The molecule has 6 nitrogen and oxygen atoms in total. The van der Waals surface area contributed by atoms with Gasteiger partial charge in [0.25, 0.3) is 0 Å². The summed E-state index contributed by atoms with van der Waals surface area (Å²) in [5.74, 6) is -0.942. The number of benzene rings is 2. The smallest absolute Gasteiger partial charge is 0.243 e. The largest absolute Gasteiger partial charge is 0.369 e. The number of likely N-dealkylation sites (N-methyl/N-ethyl adjacent to an activating group) is 1. The Morgan fingerprint density at radius 3 is 2.52 bits per heavy atom. The molecule has 3 rings (SSSR count). The Balaban J connectivity index is 1.51. The Kier molecular flexibility index (Phi) is 6.45. The van der Waals surface area contributed by atoms with E-state index in [1.165, 1.54) is 11.0 Å². The summed E-state index contributed by atoms with van der Waals surface area (Å²) in [4.78, 5) is 28.2. The minimum Gasteiger partial charge on any atom is -0.369 e. The number of nitrogens with zero attached hydrogens (tertiary/aromatic N) is 3. The molecule has 1 fully saturated rings. The fourth-order valence-corrected chi connectivity index (χ4v) is 3.53. The third-order valence-corrected chi connectivity index (χ3v) is 5.08. The van der Waals surface area contributed by atoms with E-state index in [9.17, 15) is 14.0 Å². The fourth-order valence-electron chi connectivity index (χ4n) is 3.53. The monoisotopic (exact) mass is 394 g/mol. The molecule has 0 bridgehead atoms. The molecule has 0 radical (unpaired) electrons. The first-order valence-electron chi connectivity index (χ1n) is 9.52. The zero-order valence-electron chi connectivity index (χ0n) is 16.3. The van der Waals surface area contributed by atoms with Crippen LogP contribution in [0.25, 0.3) is 0 Å². The fraction of sp³-hybridized carbons (Fsp3) is 0.318. The first kappa shape index (κ1) is 20.3. The lowest BCUT2D eigenvalue weighted by Crippen LogP contribution is -2.43. The number of nitrogens with one attached hydrogen (secondary N) is 1. The highest BCUT2D eigenvalue weighted by Gasteiger charge is 2.29. The maximum absolute atomic E-state index is 14.2. The van der Waals surface area contributed by atoms with Gasteiger partial charge in [-0.3, -0.25) is 9.59 Å². The van der Waals surface area contributed by atoms with E-state index < -0.39 is 5.82 Å². The second kappa shape index (κ2) is 9.20. The van der Waals surface area contributed by atoms with Crippen molar-refractivity contribution in [3.05, 3.63) is 59.9 Å². The van der Waals surface area contributed by atoms with Crippen LogP contribution in [0.1, 0.15) is 18.4 Å². The van der Waals surface area contributed by atoms with Gasteiger partial charge in [0.05, 0.1) is 23.9 Å². The van der Waals surface area contributed by atoms with Crippen LogP contribution in [0.15, 0.2) is 48.5 Å². The van der Waals surface area contributed by atoms with Crippen LogP contribution in [0.4, 0.5) is 15.8 Å². The normalized spacial score (nSPS) is 14.2. The van der Waals surface area contributed by atoms with Crippen molar-refractivity contribution in [2.24, 2.45) is 5.92 Å². The SMILES string of the molecule is CN(CC(=O)Nc1ccccc1)C(=O)C1CCN(c2ccc(C#N)cc2F)CC1. The average Bonchev–Trinajstić information content (AvgIpc) is 2.74. The number of anilines is 2. The van der Waals surface area contributed by atoms with Crippen LogP contribution in [-0.2, 0) is 9.59 Å². The second-order valence-electron chi connectivity index (χ2n) is 7.15. The molecular weight excluding hydrogens is 371 g/mol. The lowest BCUT2D eigenvalue weighted by molar-refractivity contribution is -0.137. The topological polar surface area (TPSA) is 76.4 Å². The summed E-state index contributed by atoms with van der Waals surface area (Å²) in [7, 11) is 1.62. The summed E-state index contributed by atoms with van der Waals surface area (Å²) in [5, 5.41) is 11.6. The van der Waals surface area contributed by atoms with Gasteiger partial charge in [-0.2, -0.15) is 5.26 Å². The van der Waals surface area contributed by atoms with Gasteiger partial charge in [-0.15, -0.1) is 0 Å². The van der Waals surface area contributed by atoms with Gasteiger partial charge in [-0.25, -0.2) is 4.39 Å². The molecule has 0 atom stereocenters. The van der Waals surface area contributed by atoms with Crippen molar-refractivity contribution >= 4 is 23.2 Å². The van der Waals surface area contributed by atoms with Crippen molar-refractivity contribution in [2.75, 3.05) is 36.9 Å². The predicted octanol–water partition coefficient (Wildman–Crippen LogP) is 3.01. The lowest BCUT2D eigenvalue weighted by Gasteiger charge is -2.34. The minimum atomic E-state index is -0.427. The number of rotatable bonds is 5. The van der Waals surface area contributed by atoms with Gasteiger partial charge >= 0.3 is 0 Å². The molecule has 1 N–H and O–H groups in total. The number of hydrogen-bond donors (Lipinski definition) is 1. The number of para-hydroxylation sites is 1. The molecule has 1 aliphatic heterocycles. The Hall–Kier alpha value is -3.40. The Morgan fingerprint density at radius 2 is 1.90 bits per heavy atom. The van der Waals surface area contributed by atoms with Crippen molar-refractivity contribution < 1.29 is 14.0 Å². The van der Waals surface area contributed by atoms with E-state index in [0.717, 1.165) is 0 Å². The molecule has 1 saturated heterocycles. The summed E-state index contributed by atoms with van der Waals surface area (Å²) in [6.07, 6.45) is 1.17. The molecule has 2 aromatic rings. The third-order valence-electron chi connectivity index (χ3n) is 5.08. The maximum Gasteiger partial charge on any atom is 0.243 e. The van der Waals surface area contributed by atoms with Crippen LogP contribution in [0.3, 0.4) is 0 Å². The van der Waals surface area contributed by atoms with E-state index in [1.807, 2.05) is 29.2 Å². The molecule has 150 valence electrons. The molecule has 1 heterocycles.